The quantitative estimate of drug-likeness (QED) is 0.0753. The van der Waals surface area contributed by atoms with Gasteiger partial charge in [0.15, 0.2) is 0 Å². The Balaban J connectivity index is 0.000000142. The molecular formula is C99H78Ir4N13O3S5-5. The minimum Gasteiger partial charge on any atom is -0.772 e. The number of nitrogens with zero attached hydrogens (tertiary/aromatic N) is 13. The van der Waals surface area contributed by atoms with E-state index in [9.17, 15) is 8.76 Å². The topological polar surface area (TPSA) is 173 Å². The second-order valence-corrected chi connectivity index (χ2v) is 35.3. The maximum Gasteiger partial charge on any atom is 0.315 e. The molecule has 0 N–H and O–H groups in total. The van der Waals surface area contributed by atoms with E-state index in [4.69, 9.17) is 31.0 Å². The molecule has 628 valence electrons. The number of rotatable bonds is 14. The molecule has 0 aliphatic carbocycles. The molecule has 16 nitrogen and oxygen atoms in total. The van der Waals surface area contributed by atoms with E-state index in [0.717, 1.165) is 128 Å². The summed E-state index contributed by atoms with van der Waals surface area (Å²) >= 11 is 4.45. The SMILES string of the molecule is Cc1cc(C)c(-c2ccnn2-c2[c-]ccc3c(-c4ccc(C)s4)c(-c4ccc(C)s4)oc23)c(C)n1.Cc1cc(C)c(-c2ccnn2-c2[c-]ccc3c2nc(CS(=O)[O-])n3-c2ccccc2)c(C)c1.Cc1cc2cc[c-]c(-c3ncn(-c4ccccc4)c3-c3ccccc3)c2s1.[C-]#[N+]c1nc2c(-n3nccc3-c3c(C)cc(C)cc3C)[c-]ccc2s1.[Ir].[Ir].[Ir].[Ir]. The molecular weight excluding hydrogens is 2350 g/mol. The Labute approximate surface area is 792 Å². The van der Waals surface area contributed by atoms with E-state index in [-0.39, 0.29) is 86.2 Å². The molecule has 11 aromatic heterocycles. The van der Waals surface area contributed by atoms with Gasteiger partial charge in [0, 0.05) is 187 Å². The molecule has 0 fully saturated rings. The zero-order chi connectivity index (χ0) is 83.1. The zero-order valence-electron chi connectivity index (χ0n) is 69.2. The molecule has 1 atom stereocenters. The predicted octanol–water partition coefficient (Wildman–Crippen LogP) is 25.4. The van der Waals surface area contributed by atoms with Crippen LogP contribution >= 0.6 is 45.3 Å². The first-order chi connectivity index (χ1) is 58.2. The van der Waals surface area contributed by atoms with Crippen LogP contribution in [0.15, 0.2) is 248 Å². The van der Waals surface area contributed by atoms with Gasteiger partial charge >= 0.3 is 5.13 Å². The van der Waals surface area contributed by atoms with Crippen molar-refractivity contribution in [3.63, 3.8) is 0 Å². The fourth-order valence-corrected chi connectivity index (χ4v) is 20.2. The van der Waals surface area contributed by atoms with E-state index >= 15 is 0 Å². The number of fused-ring (bicyclic) bond motifs is 4. The molecule has 124 heavy (non-hydrogen) atoms. The third-order valence-corrected chi connectivity index (χ3v) is 25.3. The number of pyridine rings is 1. The Hall–Kier alpha value is -10.6. The van der Waals surface area contributed by atoms with Gasteiger partial charge in [0.1, 0.15) is 11.6 Å². The normalized spacial score (nSPS) is 11.2. The number of aromatic nitrogens is 12. The van der Waals surface area contributed by atoms with Gasteiger partial charge in [-0.1, -0.05) is 126 Å². The van der Waals surface area contributed by atoms with Crippen molar-refractivity contribution in [1.82, 2.24) is 58.4 Å². The first-order valence-corrected chi connectivity index (χ1v) is 43.4. The van der Waals surface area contributed by atoms with Gasteiger partial charge in [0.05, 0.1) is 39.6 Å². The van der Waals surface area contributed by atoms with Crippen LogP contribution in [0.3, 0.4) is 0 Å². The summed E-state index contributed by atoms with van der Waals surface area (Å²) in [5, 5.41) is 16.6. The fraction of sp³-hybridized carbons (Fsp3) is 0.131. The van der Waals surface area contributed by atoms with Gasteiger partial charge in [-0.2, -0.15) is 91.5 Å². The second kappa shape index (κ2) is 39.3. The number of aryl methyl sites for hydroxylation is 12. The molecule has 4 radical (unpaired) electrons. The van der Waals surface area contributed by atoms with Crippen LogP contribution in [-0.4, -0.2) is 67.2 Å². The van der Waals surface area contributed by atoms with Crippen molar-refractivity contribution in [2.45, 2.75) is 88.8 Å². The summed E-state index contributed by atoms with van der Waals surface area (Å²) in [5.74, 6) is 1.16. The van der Waals surface area contributed by atoms with E-state index in [1.807, 2.05) is 135 Å². The van der Waals surface area contributed by atoms with Crippen molar-refractivity contribution < 1.29 is 93.6 Å². The summed E-state index contributed by atoms with van der Waals surface area (Å²) in [7, 11) is 0. The number of imidazole rings is 2. The smallest absolute Gasteiger partial charge is 0.315 e. The summed E-state index contributed by atoms with van der Waals surface area (Å²) in [6, 6.07) is 87.3. The molecule has 11 heterocycles. The Morgan fingerprint density at radius 2 is 1.02 bits per heavy atom. The van der Waals surface area contributed by atoms with Crippen molar-refractivity contribution in [2.24, 2.45) is 0 Å². The number of furan rings is 1. The van der Waals surface area contributed by atoms with Crippen molar-refractivity contribution in [2.75, 3.05) is 0 Å². The van der Waals surface area contributed by atoms with Crippen LogP contribution in [0.5, 0.6) is 0 Å². The van der Waals surface area contributed by atoms with Gasteiger partial charge in [-0.25, -0.2) is 0 Å². The largest absolute Gasteiger partial charge is 0.772 e. The first kappa shape index (κ1) is 91.1. The number of benzene rings is 9. The molecule has 9 aromatic carbocycles. The number of thiophene rings is 3. The molecule has 20 aromatic rings. The number of hydrogen-bond donors (Lipinski definition) is 0. The standard InChI is InChI=1S/C29H24N3OS2.C26H23N4O2S.C24H17N2S.C20H15N4S.4Ir/c1-16-15-17(2)31-20(5)26(16)22-13-14-30-32(22)23-8-6-7-21-27(24-11-9-18(3)34-24)29(33-28(21)23)25-12-10-19(4)35-25;1-17-14-18(2)25(19(3)15-17)21-12-13-27-30(21)23-11-7-10-22-26(23)28-24(16-33(31)32)29(22)20-8-5-4-6-9-20;1-17-15-19-11-8-14-21(24(19)27-17)22-23(18-9-4-2-5-10-18)26(16-25-22)20-12-6-3-7-13-20;1-12-10-13(2)18(14(3)11-12)15-8-9-22-24(15)16-6-5-7-17-19(16)23-20(21-4)25-17;;;;/h6-7,9-15H,1-5H3;4-10,12-15H,16H2,1-3H3,(H,31,32);2-13,15-16H,1H3;5,7-11H,1-3H3;;;;/q4*-1;;;;/p-1. The van der Waals surface area contributed by atoms with Crippen LogP contribution in [-0.2, 0) is 97.3 Å². The van der Waals surface area contributed by atoms with Crippen LogP contribution in [0.4, 0.5) is 5.13 Å². The van der Waals surface area contributed by atoms with E-state index in [0.29, 0.717) is 22.2 Å². The van der Waals surface area contributed by atoms with Crippen LogP contribution in [0.1, 0.15) is 70.8 Å². The van der Waals surface area contributed by atoms with Crippen LogP contribution in [0, 0.1) is 114 Å². The first-order valence-electron chi connectivity index (χ1n) is 38.9. The van der Waals surface area contributed by atoms with Crippen molar-refractivity contribution in [1.29, 1.82) is 0 Å². The van der Waals surface area contributed by atoms with Gasteiger partial charge in [-0.05, 0) is 232 Å². The third kappa shape index (κ3) is 18.3. The van der Waals surface area contributed by atoms with E-state index in [1.165, 1.54) is 85.4 Å². The molecule has 0 spiro atoms. The molecule has 20 rings (SSSR count). The van der Waals surface area contributed by atoms with E-state index < -0.39 is 11.1 Å². The van der Waals surface area contributed by atoms with Crippen molar-refractivity contribution in [3.8, 4) is 106 Å². The Bertz CT molecular complexity index is 7260. The Morgan fingerprint density at radius 1 is 0.492 bits per heavy atom. The molecule has 0 aliphatic heterocycles. The number of para-hydroxylation sites is 2. The summed E-state index contributed by atoms with van der Waals surface area (Å²) in [4.78, 5) is 28.4. The van der Waals surface area contributed by atoms with Crippen LogP contribution < -0.4 is 0 Å². The van der Waals surface area contributed by atoms with Gasteiger partial charge < -0.3 is 22.9 Å². The van der Waals surface area contributed by atoms with Gasteiger partial charge in [-0.15, -0.1) is 52.5 Å². The molecule has 0 bridgehead atoms. The maximum atomic E-state index is 11.6. The number of hydrogen-bond acceptors (Lipinski definition) is 14. The molecule has 0 saturated heterocycles. The summed E-state index contributed by atoms with van der Waals surface area (Å²) in [6.07, 6.45) is 7.31. The van der Waals surface area contributed by atoms with Gasteiger partial charge in [0.2, 0.25) is 0 Å². The summed E-state index contributed by atoms with van der Waals surface area (Å²) < 4.78 is 41.8. The van der Waals surface area contributed by atoms with Crippen molar-refractivity contribution >= 4 is 104 Å². The predicted molar refractivity (Wildman–Crippen MR) is 490 cm³/mol. The molecule has 0 amide bonds. The second-order valence-electron chi connectivity index (χ2n) is 29.5. The molecule has 0 saturated carbocycles. The van der Waals surface area contributed by atoms with E-state index in [2.05, 4.69) is 246 Å². The number of thiazole rings is 1. The zero-order valence-corrected chi connectivity index (χ0v) is 82.9. The maximum absolute atomic E-state index is 11.6. The molecule has 25 heteroatoms. The van der Waals surface area contributed by atoms with Gasteiger partial charge in [-0.3, -0.25) is 33.2 Å². The summed E-state index contributed by atoms with van der Waals surface area (Å²) in [5.41, 5.74) is 29.3. The molecule has 1 unspecified atom stereocenters. The minimum atomic E-state index is -2.28. The summed E-state index contributed by atoms with van der Waals surface area (Å²) in [6.45, 7) is 32.5. The fourth-order valence-electron chi connectivity index (χ4n) is 16.2. The Morgan fingerprint density at radius 3 is 1.59 bits per heavy atom. The molecule has 0 aliphatic rings. The van der Waals surface area contributed by atoms with Crippen LogP contribution in [0.2, 0.25) is 0 Å². The van der Waals surface area contributed by atoms with Gasteiger partial charge in [0.25, 0.3) is 0 Å². The third-order valence-electron chi connectivity index (χ3n) is 20.8. The van der Waals surface area contributed by atoms with Crippen molar-refractivity contribution in [3.05, 3.63) is 350 Å². The Kier molecular flexibility index (Phi) is 28.9. The average Bonchev–Trinajstić information content (AvgIpc) is 1.59. The minimum absolute atomic E-state index is 0. The van der Waals surface area contributed by atoms with Crippen LogP contribution in [0.25, 0.3) is 153 Å². The average molecular weight is 2430 g/mol. The monoisotopic (exact) mass is 2430 g/mol. The van der Waals surface area contributed by atoms with E-state index in [1.54, 1.807) is 46.4 Å².